The van der Waals surface area contributed by atoms with Gasteiger partial charge in [-0.1, -0.05) is 6.92 Å². The molecule has 6 nitrogen and oxygen atoms in total. The van der Waals surface area contributed by atoms with Gasteiger partial charge >= 0.3 is 6.03 Å². The van der Waals surface area contributed by atoms with Crippen LogP contribution in [-0.4, -0.2) is 37.7 Å². The van der Waals surface area contributed by atoms with Gasteiger partial charge in [0.05, 0.1) is 0 Å². The van der Waals surface area contributed by atoms with Crippen molar-refractivity contribution in [2.45, 2.75) is 58.5 Å². The number of carbonyl (C=O) groups is 2. The molecule has 1 aromatic carbocycles. The summed E-state index contributed by atoms with van der Waals surface area (Å²) in [6.07, 6.45) is 4.44. The summed E-state index contributed by atoms with van der Waals surface area (Å²) in [7, 11) is 1.71. The first kappa shape index (κ1) is 20.1. The molecule has 0 atom stereocenters. The van der Waals surface area contributed by atoms with Gasteiger partial charge in [0.25, 0.3) is 5.91 Å². The number of anilines is 1. The molecular weight excluding hydrogens is 330 g/mol. The molecule has 26 heavy (non-hydrogen) atoms. The van der Waals surface area contributed by atoms with Crippen LogP contribution in [0.5, 0.6) is 5.75 Å². The predicted molar refractivity (Wildman–Crippen MR) is 104 cm³/mol. The molecule has 144 valence electrons. The normalized spacial score (nSPS) is 19.7. The number of amides is 3. The van der Waals surface area contributed by atoms with Crippen LogP contribution in [-0.2, 0) is 4.79 Å². The summed E-state index contributed by atoms with van der Waals surface area (Å²) in [5.41, 5.74) is 0.760. The predicted octanol–water partition coefficient (Wildman–Crippen LogP) is 3.31. The molecule has 0 radical (unpaired) electrons. The summed E-state index contributed by atoms with van der Waals surface area (Å²) in [4.78, 5) is 25.6. The van der Waals surface area contributed by atoms with Gasteiger partial charge in [-0.15, -0.1) is 0 Å². The fourth-order valence-corrected chi connectivity index (χ4v) is 3.05. The Labute approximate surface area is 156 Å². The second-order valence-corrected chi connectivity index (χ2v) is 7.47. The summed E-state index contributed by atoms with van der Waals surface area (Å²) >= 11 is 0. The Balaban J connectivity index is 1.78. The molecular formula is C20H31N3O3. The zero-order chi connectivity index (χ0) is 19.1. The van der Waals surface area contributed by atoms with Crippen LogP contribution in [0.4, 0.5) is 10.5 Å². The van der Waals surface area contributed by atoms with E-state index >= 15 is 0 Å². The Bertz CT molecular complexity index is 593. The standard InChI is InChI=1S/C20H31N3O3/c1-14(2)21-20(25)23(4)17-9-11-18(12-10-17)26-13-19(24)22-16-7-5-15(3)6-8-16/h9-12,14-16H,5-8,13H2,1-4H3,(H,21,25)(H,22,24). The van der Waals surface area contributed by atoms with Crippen LogP contribution in [0.2, 0.25) is 0 Å². The highest BCUT2D eigenvalue weighted by molar-refractivity contribution is 5.91. The summed E-state index contributed by atoms with van der Waals surface area (Å²) in [5.74, 6) is 1.29. The number of nitrogens with zero attached hydrogens (tertiary/aromatic N) is 1. The highest BCUT2D eigenvalue weighted by atomic mass is 16.5. The zero-order valence-electron chi connectivity index (χ0n) is 16.2. The Morgan fingerprint density at radius 3 is 2.35 bits per heavy atom. The van der Waals surface area contributed by atoms with Crippen molar-refractivity contribution in [3.05, 3.63) is 24.3 Å². The number of rotatable bonds is 6. The second kappa shape index (κ2) is 9.46. The van der Waals surface area contributed by atoms with E-state index in [1.165, 1.54) is 12.8 Å². The van der Waals surface area contributed by atoms with Crippen molar-refractivity contribution >= 4 is 17.6 Å². The topological polar surface area (TPSA) is 70.7 Å². The SMILES string of the molecule is CC1CCC(NC(=O)COc2ccc(N(C)C(=O)NC(C)C)cc2)CC1. The molecule has 2 N–H and O–H groups in total. The molecule has 0 heterocycles. The van der Waals surface area contributed by atoms with E-state index in [2.05, 4.69) is 17.6 Å². The fourth-order valence-electron chi connectivity index (χ4n) is 3.05. The number of ether oxygens (including phenoxy) is 1. The van der Waals surface area contributed by atoms with Gasteiger partial charge in [-0.3, -0.25) is 9.69 Å². The number of urea groups is 1. The maximum absolute atomic E-state index is 12.0. The van der Waals surface area contributed by atoms with Crippen LogP contribution in [0.1, 0.15) is 46.5 Å². The summed E-state index contributed by atoms with van der Waals surface area (Å²) in [6, 6.07) is 7.34. The Morgan fingerprint density at radius 2 is 1.77 bits per heavy atom. The lowest BCUT2D eigenvalue weighted by Crippen LogP contribution is -2.40. The van der Waals surface area contributed by atoms with E-state index in [-0.39, 0.29) is 30.6 Å². The molecule has 6 heteroatoms. The Kier molecular flexibility index (Phi) is 7.30. The van der Waals surface area contributed by atoms with Crippen molar-refractivity contribution in [1.29, 1.82) is 0 Å². The summed E-state index contributed by atoms with van der Waals surface area (Å²) in [5, 5.41) is 5.89. The first-order chi connectivity index (χ1) is 12.3. The third-order valence-electron chi connectivity index (χ3n) is 4.69. The molecule has 1 fully saturated rings. The molecule has 1 saturated carbocycles. The van der Waals surface area contributed by atoms with E-state index in [0.717, 1.165) is 24.4 Å². The van der Waals surface area contributed by atoms with Crippen molar-refractivity contribution in [2.75, 3.05) is 18.6 Å². The smallest absolute Gasteiger partial charge is 0.321 e. The minimum absolute atomic E-state index is 0.00900. The van der Waals surface area contributed by atoms with Gasteiger partial charge in [0.2, 0.25) is 0 Å². The first-order valence-electron chi connectivity index (χ1n) is 9.41. The minimum atomic E-state index is -0.158. The monoisotopic (exact) mass is 361 g/mol. The third kappa shape index (κ3) is 6.24. The van der Waals surface area contributed by atoms with E-state index < -0.39 is 0 Å². The van der Waals surface area contributed by atoms with Gasteiger partial charge in [0.1, 0.15) is 5.75 Å². The summed E-state index contributed by atoms with van der Waals surface area (Å²) < 4.78 is 5.56. The van der Waals surface area contributed by atoms with Crippen LogP contribution in [0, 0.1) is 5.92 Å². The molecule has 0 unspecified atom stereocenters. The van der Waals surface area contributed by atoms with Crippen molar-refractivity contribution in [3.63, 3.8) is 0 Å². The molecule has 2 rings (SSSR count). The lowest BCUT2D eigenvalue weighted by Gasteiger charge is -2.26. The van der Waals surface area contributed by atoms with Gasteiger partial charge in [-0.25, -0.2) is 4.79 Å². The quantitative estimate of drug-likeness (QED) is 0.816. The van der Waals surface area contributed by atoms with Crippen molar-refractivity contribution in [3.8, 4) is 5.75 Å². The molecule has 1 aliphatic carbocycles. The average molecular weight is 361 g/mol. The second-order valence-electron chi connectivity index (χ2n) is 7.47. The molecule has 0 aliphatic heterocycles. The van der Waals surface area contributed by atoms with Crippen LogP contribution in [0.25, 0.3) is 0 Å². The lowest BCUT2D eigenvalue weighted by atomic mass is 9.87. The highest BCUT2D eigenvalue weighted by Crippen LogP contribution is 2.23. The van der Waals surface area contributed by atoms with Crippen molar-refractivity contribution in [1.82, 2.24) is 10.6 Å². The van der Waals surface area contributed by atoms with Crippen LogP contribution in [0.3, 0.4) is 0 Å². The highest BCUT2D eigenvalue weighted by Gasteiger charge is 2.19. The van der Waals surface area contributed by atoms with Crippen molar-refractivity contribution < 1.29 is 14.3 Å². The fraction of sp³-hybridized carbons (Fsp3) is 0.600. The van der Waals surface area contributed by atoms with Crippen LogP contribution >= 0.6 is 0 Å². The maximum atomic E-state index is 12.0. The van der Waals surface area contributed by atoms with E-state index in [9.17, 15) is 9.59 Å². The average Bonchev–Trinajstić information content (AvgIpc) is 2.61. The number of nitrogens with one attached hydrogen (secondary N) is 2. The zero-order valence-corrected chi connectivity index (χ0v) is 16.2. The van der Waals surface area contributed by atoms with Crippen molar-refractivity contribution in [2.24, 2.45) is 5.92 Å². The van der Waals surface area contributed by atoms with Gasteiger partial charge < -0.3 is 15.4 Å². The number of benzene rings is 1. The third-order valence-corrected chi connectivity index (χ3v) is 4.69. The molecule has 0 saturated heterocycles. The molecule has 0 spiro atoms. The number of hydrogen-bond acceptors (Lipinski definition) is 3. The molecule has 0 aromatic heterocycles. The van der Waals surface area contributed by atoms with E-state index in [4.69, 9.17) is 4.74 Å². The van der Waals surface area contributed by atoms with Crippen LogP contribution in [0.15, 0.2) is 24.3 Å². The van der Waals surface area contributed by atoms with E-state index in [1.807, 2.05) is 13.8 Å². The van der Waals surface area contributed by atoms with E-state index in [0.29, 0.717) is 5.75 Å². The Morgan fingerprint density at radius 1 is 1.15 bits per heavy atom. The van der Waals surface area contributed by atoms with Gasteiger partial charge in [0, 0.05) is 24.8 Å². The largest absolute Gasteiger partial charge is 0.484 e. The first-order valence-corrected chi connectivity index (χ1v) is 9.41. The van der Waals surface area contributed by atoms with Gasteiger partial charge in [0.15, 0.2) is 6.61 Å². The molecule has 0 bridgehead atoms. The van der Waals surface area contributed by atoms with E-state index in [1.54, 1.807) is 36.2 Å². The summed E-state index contributed by atoms with van der Waals surface area (Å²) in [6.45, 7) is 6.10. The maximum Gasteiger partial charge on any atom is 0.321 e. The minimum Gasteiger partial charge on any atom is -0.484 e. The lowest BCUT2D eigenvalue weighted by molar-refractivity contribution is -0.124. The van der Waals surface area contributed by atoms with Gasteiger partial charge in [-0.2, -0.15) is 0 Å². The molecule has 3 amide bonds. The Hall–Kier alpha value is -2.24. The molecule has 1 aromatic rings. The van der Waals surface area contributed by atoms with Crippen LogP contribution < -0.4 is 20.3 Å². The van der Waals surface area contributed by atoms with Gasteiger partial charge in [-0.05, 0) is 69.7 Å². The number of hydrogen-bond donors (Lipinski definition) is 2. The molecule has 1 aliphatic rings. The number of carbonyl (C=O) groups excluding carboxylic acids is 2.